The lowest BCUT2D eigenvalue weighted by Gasteiger charge is -2.58. The molecule has 2 aromatic rings. The first-order valence-electron chi connectivity index (χ1n) is 15.5. The van der Waals surface area contributed by atoms with E-state index >= 15 is 0 Å². The van der Waals surface area contributed by atoms with E-state index in [4.69, 9.17) is 16.7 Å². The fraction of sp³-hybridized carbons (Fsp3) is 0.606. The predicted octanol–water partition coefficient (Wildman–Crippen LogP) is 3.87. The van der Waals surface area contributed by atoms with E-state index in [1.807, 2.05) is 29.2 Å². The summed E-state index contributed by atoms with van der Waals surface area (Å²) in [6, 6.07) is 8.33. The summed E-state index contributed by atoms with van der Waals surface area (Å²) >= 11 is 7.28. The number of hydrogen-bond acceptors (Lipinski definition) is 6. The van der Waals surface area contributed by atoms with Crippen molar-refractivity contribution in [3.63, 3.8) is 0 Å². The molecule has 10 heteroatoms. The van der Waals surface area contributed by atoms with Gasteiger partial charge in [0, 0.05) is 78.4 Å². The molecule has 5 unspecified atom stereocenters. The number of aromatic nitrogens is 2. The van der Waals surface area contributed by atoms with Crippen LogP contribution in [-0.4, -0.2) is 86.7 Å². The van der Waals surface area contributed by atoms with E-state index < -0.39 is 5.60 Å². The maximum atomic E-state index is 13.1. The molecule has 2 amide bonds. The predicted molar refractivity (Wildman–Crippen MR) is 168 cm³/mol. The van der Waals surface area contributed by atoms with Crippen LogP contribution in [0.5, 0.6) is 0 Å². The molecule has 232 valence electrons. The van der Waals surface area contributed by atoms with Crippen molar-refractivity contribution in [3.8, 4) is 11.3 Å². The molecule has 5 atom stereocenters. The lowest BCUT2D eigenvalue weighted by molar-refractivity contribution is -0.149. The van der Waals surface area contributed by atoms with E-state index in [0.29, 0.717) is 23.4 Å². The SMILES string of the molecule is C=CC(=O)N1CC2(CC(n3nc(-c4ccc(C(=O)N(C)CC(C)(C)O)cc4)c(C4C(Cl)C(C)CC5NNCC54)c3C)C2)C1. The average molecular weight is 609 g/mol. The molecular weight excluding hydrogens is 564 g/mol. The molecule has 6 rings (SSSR count). The van der Waals surface area contributed by atoms with Gasteiger partial charge < -0.3 is 14.9 Å². The number of hydrogen-bond donors (Lipinski definition) is 3. The number of amides is 2. The molecule has 1 aromatic heterocycles. The van der Waals surface area contributed by atoms with Crippen LogP contribution in [0, 0.1) is 24.2 Å². The zero-order valence-corrected chi connectivity index (χ0v) is 26.7. The number of hydrazine groups is 1. The number of carbonyl (C=O) groups is 2. The number of likely N-dealkylation sites (N-methyl/N-ethyl adjacent to an activating group) is 1. The maximum Gasteiger partial charge on any atom is 0.253 e. The molecule has 0 radical (unpaired) electrons. The molecule has 4 aliphatic rings. The van der Waals surface area contributed by atoms with Crippen LogP contribution in [0.15, 0.2) is 36.9 Å². The number of halogens is 1. The first-order valence-corrected chi connectivity index (χ1v) is 16.0. The van der Waals surface area contributed by atoms with Crippen molar-refractivity contribution in [2.45, 2.75) is 75.9 Å². The summed E-state index contributed by atoms with van der Waals surface area (Å²) < 4.78 is 2.22. The molecule has 2 saturated heterocycles. The van der Waals surface area contributed by atoms with Gasteiger partial charge in [0.05, 0.1) is 17.3 Å². The van der Waals surface area contributed by atoms with Gasteiger partial charge in [-0.1, -0.05) is 25.6 Å². The standard InChI is InChI=1S/C33H45ClN6O3/c1-7-26(41)39-17-33(18-39)13-23(14-33)40-20(3)27(28-24-15-35-36-25(24)12-19(2)29(28)34)30(37-40)21-8-10-22(11-9-21)31(42)38(6)16-32(4,5)43/h7-11,19,23-25,28-29,35-36,43H,1,12-18H2,2-6H3. The summed E-state index contributed by atoms with van der Waals surface area (Å²) in [4.78, 5) is 28.6. The number of alkyl halides is 1. The Morgan fingerprint density at radius 2 is 1.93 bits per heavy atom. The number of fused-ring (bicyclic) bond motifs is 1. The maximum absolute atomic E-state index is 13.1. The van der Waals surface area contributed by atoms with Gasteiger partial charge in [-0.25, -0.2) is 0 Å². The van der Waals surface area contributed by atoms with Crippen molar-refractivity contribution >= 4 is 23.4 Å². The van der Waals surface area contributed by atoms with Crippen molar-refractivity contribution in [1.82, 2.24) is 30.4 Å². The van der Waals surface area contributed by atoms with Crippen LogP contribution < -0.4 is 10.9 Å². The normalized spacial score (nSPS) is 28.3. The second-order valence-corrected chi connectivity index (χ2v) is 14.8. The first-order chi connectivity index (χ1) is 20.3. The van der Waals surface area contributed by atoms with E-state index in [1.165, 1.54) is 11.6 Å². The fourth-order valence-corrected chi connectivity index (χ4v) is 8.64. The van der Waals surface area contributed by atoms with Crippen molar-refractivity contribution in [1.29, 1.82) is 0 Å². The average Bonchev–Trinajstić information content (AvgIpc) is 3.50. The third-order valence-electron chi connectivity index (χ3n) is 10.2. The number of nitrogens with zero attached hydrogens (tertiary/aromatic N) is 4. The molecule has 43 heavy (non-hydrogen) atoms. The topological polar surface area (TPSA) is 103 Å². The third-order valence-corrected chi connectivity index (χ3v) is 10.9. The zero-order chi connectivity index (χ0) is 30.8. The van der Waals surface area contributed by atoms with Crippen LogP contribution in [0.1, 0.15) is 73.6 Å². The number of likely N-dealkylation sites (tertiary alicyclic amines) is 1. The van der Waals surface area contributed by atoms with Gasteiger partial charge in [-0.2, -0.15) is 5.10 Å². The highest BCUT2D eigenvalue weighted by atomic mass is 35.5. The smallest absolute Gasteiger partial charge is 0.253 e. The van der Waals surface area contributed by atoms with E-state index in [1.54, 1.807) is 25.8 Å². The highest BCUT2D eigenvalue weighted by molar-refractivity contribution is 6.21. The van der Waals surface area contributed by atoms with Crippen molar-refractivity contribution in [3.05, 3.63) is 53.7 Å². The summed E-state index contributed by atoms with van der Waals surface area (Å²) in [6.07, 6.45) is 4.43. The van der Waals surface area contributed by atoms with Gasteiger partial charge in [-0.15, -0.1) is 11.6 Å². The van der Waals surface area contributed by atoms with Gasteiger partial charge in [0.1, 0.15) is 0 Å². The van der Waals surface area contributed by atoms with E-state index in [0.717, 1.165) is 55.8 Å². The van der Waals surface area contributed by atoms with Crippen LogP contribution in [-0.2, 0) is 4.79 Å². The highest BCUT2D eigenvalue weighted by Crippen LogP contribution is 2.56. The molecule has 9 nitrogen and oxygen atoms in total. The van der Waals surface area contributed by atoms with Crippen LogP contribution in [0.4, 0.5) is 0 Å². The minimum Gasteiger partial charge on any atom is -0.389 e. The largest absolute Gasteiger partial charge is 0.389 e. The number of aliphatic hydroxyl groups is 1. The Labute approximate surface area is 259 Å². The molecule has 2 aliphatic carbocycles. The fourth-order valence-electron chi connectivity index (χ4n) is 8.22. The second kappa shape index (κ2) is 11.0. The Hall–Kier alpha value is -2.72. The summed E-state index contributed by atoms with van der Waals surface area (Å²) in [5.74, 6) is 0.697. The van der Waals surface area contributed by atoms with E-state index in [9.17, 15) is 14.7 Å². The number of rotatable bonds is 7. The number of nitrogens with one attached hydrogen (secondary N) is 2. The summed E-state index contributed by atoms with van der Waals surface area (Å²) in [6.45, 7) is 14.1. The zero-order valence-electron chi connectivity index (χ0n) is 25.9. The lowest BCUT2D eigenvalue weighted by atomic mass is 9.60. The van der Waals surface area contributed by atoms with Crippen molar-refractivity contribution < 1.29 is 14.7 Å². The quantitative estimate of drug-likeness (QED) is 0.326. The van der Waals surface area contributed by atoms with Gasteiger partial charge in [-0.05, 0) is 70.1 Å². The molecule has 4 fully saturated rings. The Kier molecular flexibility index (Phi) is 7.77. The Morgan fingerprint density at radius 1 is 1.26 bits per heavy atom. The molecular formula is C33H45ClN6O3. The molecule has 2 aliphatic heterocycles. The monoisotopic (exact) mass is 608 g/mol. The van der Waals surface area contributed by atoms with Gasteiger partial charge in [0.25, 0.3) is 5.91 Å². The van der Waals surface area contributed by atoms with E-state index in [-0.39, 0.29) is 41.1 Å². The Morgan fingerprint density at radius 3 is 2.56 bits per heavy atom. The van der Waals surface area contributed by atoms with E-state index in [2.05, 4.69) is 36.0 Å². The van der Waals surface area contributed by atoms with Gasteiger partial charge in [0.15, 0.2) is 0 Å². The third kappa shape index (κ3) is 5.43. The van der Waals surface area contributed by atoms with Gasteiger partial charge >= 0.3 is 0 Å². The first kappa shape index (κ1) is 30.3. The molecule has 3 N–H and O–H groups in total. The van der Waals surface area contributed by atoms with Crippen LogP contribution in [0.25, 0.3) is 11.3 Å². The Balaban J connectivity index is 1.33. The Bertz CT molecular complexity index is 1400. The minimum atomic E-state index is -0.973. The van der Waals surface area contributed by atoms with Gasteiger partial charge in [-0.3, -0.25) is 25.1 Å². The molecule has 2 saturated carbocycles. The van der Waals surface area contributed by atoms with Crippen LogP contribution in [0.2, 0.25) is 0 Å². The summed E-state index contributed by atoms with van der Waals surface area (Å²) in [5, 5.41) is 15.5. The highest BCUT2D eigenvalue weighted by Gasteiger charge is 2.55. The summed E-state index contributed by atoms with van der Waals surface area (Å²) in [5.41, 5.74) is 10.9. The van der Waals surface area contributed by atoms with Crippen LogP contribution >= 0.6 is 11.6 Å². The molecule has 0 bridgehead atoms. The minimum absolute atomic E-state index is 0.00928. The lowest BCUT2D eigenvalue weighted by Crippen LogP contribution is -2.63. The molecule has 3 heterocycles. The van der Waals surface area contributed by atoms with Crippen LogP contribution in [0.3, 0.4) is 0 Å². The van der Waals surface area contributed by atoms with Crippen molar-refractivity contribution in [2.24, 2.45) is 17.3 Å². The molecule has 1 spiro atoms. The number of benzene rings is 1. The number of carbonyl (C=O) groups excluding carboxylic acids is 2. The van der Waals surface area contributed by atoms with Gasteiger partial charge in [0.2, 0.25) is 5.91 Å². The second-order valence-electron chi connectivity index (χ2n) is 14.3. The van der Waals surface area contributed by atoms with Crippen molar-refractivity contribution in [2.75, 3.05) is 33.2 Å². The summed E-state index contributed by atoms with van der Waals surface area (Å²) in [7, 11) is 1.71. The molecule has 1 aromatic carbocycles.